The van der Waals surface area contributed by atoms with Crippen molar-refractivity contribution >= 4 is 28.5 Å². The minimum atomic E-state index is -0.0781. The second-order valence-corrected chi connectivity index (χ2v) is 6.95. The number of aromatic nitrogens is 1. The second kappa shape index (κ2) is 7.46. The third-order valence-electron chi connectivity index (χ3n) is 3.90. The molecular formula is C17H20IN3O2. The third-order valence-corrected chi connectivity index (χ3v) is 4.57. The van der Waals surface area contributed by atoms with E-state index in [-0.39, 0.29) is 12.0 Å². The molecule has 1 saturated heterocycles. The number of hydrogen-bond donors (Lipinski definition) is 1. The minimum Gasteiger partial charge on any atom is -0.374 e. The molecular weight excluding hydrogens is 405 g/mol. The van der Waals surface area contributed by atoms with Crippen molar-refractivity contribution in [1.29, 1.82) is 0 Å². The Morgan fingerprint density at radius 1 is 1.39 bits per heavy atom. The summed E-state index contributed by atoms with van der Waals surface area (Å²) in [6, 6.07) is 11.8. The van der Waals surface area contributed by atoms with Crippen LogP contribution in [0.2, 0.25) is 0 Å². The lowest BCUT2D eigenvalue weighted by molar-refractivity contribution is -0.0175. The average molecular weight is 425 g/mol. The van der Waals surface area contributed by atoms with Crippen LogP contribution in [0.3, 0.4) is 0 Å². The zero-order valence-electron chi connectivity index (χ0n) is 13.0. The molecule has 1 unspecified atom stereocenters. The fraction of sp³-hybridized carbons (Fsp3) is 0.353. The van der Waals surface area contributed by atoms with Gasteiger partial charge in [0.05, 0.1) is 12.7 Å². The Morgan fingerprint density at radius 2 is 2.26 bits per heavy atom. The highest BCUT2D eigenvalue weighted by atomic mass is 127. The molecule has 0 bridgehead atoms. The molecule has 3 rings (SSSR count). The number of benzene rings is 1. The zero-order chi connectivity index (χ0) is 16.2. The van der Waals surface area contributed by atoms with Gasteiger partial charge in [0.25, 0.3) is 5.91 Å². The number of hydrogen-bond acceptors (Lipinski definition) is 3. The monoisotopic (exact) mass is 425 g/mol. The SMILES string of the molecule is CN1CCOC(CNC(=O)c2cccn2-c2cccc(I)c2)C1. The first kappa shape index (κ1) is 16.5. The number of carbonyl (C=O) groups is 1. The van der Waals surface area contributed by atoms with Crippen LogP contribution in [0.4, 0.5) is 0 Å². The second-order valence-electron chi connectivity index (χ2n) is 5.71. The van der Waals surface area contributed by atoms with Crippen LogP contribution in [0.1, 0.15) is 10.5 Å². The van der Waals surface area contributed by atoms with Gasteiger partial charge in [0.1, 0.15) is 5.69 Å². The van der Waals surface area contributed by atoms with Crippen LogP contribution < -0.4 is 5.32 Å². The van der Waals surface area contributed by atoms with Crippen molar-refractivity contribution in [2.24, 2.45) is 0 Å². The van der Waals surface area contributed by atoms with Gasteiger partial charge in [0.15, 0.2) is 0 Å². The molecule has 0 aliphatic carbocycles. The van der Waals surface area contributed by atoms with E-state index >= 15 is 0 Å². The molecule has 1 aliphatic heterocycles. The molecule has 1 N–H and O–H groups in total. The summed E-state index contributed by atoms with van der Waals surface area (Å²) in [5.74, 6) is -0.0781. The van der Waals surface area contributed by atoms with E-state index in [1.807, 2.05) is 41.1 Å². The number of morpholine rings is 1. The molecule has 23 heavy (non-hydrogen) atoms. The predicted molar refractivity (Wildman–Crippen MR) is 98.1 cm³/mol. The summed E-state index contributed by atoms with van der Waals surface area (Å²) in [5.41, 5.74) is 1.62. The maximum Gasteiger partial charge on any atom is 0.268 e. The van der Waals surface area contributed by atoms with Crippen molar-refractivity contribution in [1.82, 2.24) is 14.8 Å². The highest BCUT2D eigenvalue weighted by Gasteiger charge is 2.19. The van der Waals surface area contributed by atoms with Crippen molar-refractivity contribution in [2.45, 2.75) is 6.10 Å². The van der Waals surface area contributed by atoms with Crippen molar-refractivity contribution in [3.8, 4) is 5.69 Å². The number of amides is 1. The van der Waals surface area contributed by atoms with Gasteiger partial charge in [0.2, 0.25) is 0 Å². The van der Waals surface area contributed by atoms with Gasteiger partial charge < -0.3 is 19.5 Å². The maximum atomic E-state index is 12.5. The number of nitrogens with zero attached hydrogens (tertiary/aromatic N) is 2. The lowest BCUT2D eigenvalue weighted by atomic mass is 10.2. The van der Waals surface area contributed by atoms with Crippen molar-refractivity contribution < 1.29 is 9.53 Å². The molecule has 1 amide bonds. The first-order chi connectivity index (χ1) is 11.1. The first-order valence-corrected chi connectivity index (χ1v) is 8.73. The predicted octanol–water partition coefficient (Wildman–Crippen LogP) is 2.14. The van der Waals surface area contributed by atoms with E-state index < -0.39 is 0 Å². The lowest BCUT2D eigenvalue weighted by Crippen LogP contribution is -2.46. The largest absolute Gasteiger partial charge is 0.374 e. The molecule has 2 heterocycles. The van der Waals surface area contributed by atoms with E-state index in [1.165, 1.54) is 0 Å². The van der Waals surface area contributed by atoms with Gasteiger partial charge in [-0.3, -0.25) is 4.79 Å². The molecule has 5 nitrogen and oxygen atoms in total. The molecule has 1 aliphatic rings. The highest BCUT2D eigenvalue weighted by molar-refractivity contribution is 14.1. The van der Waals surface area contributed by atoms with Crippen LogP contribution in [0.25, 0.3) is 5.69 Å². The standard InChI is InChI=1S/C17H20IN3O2/c1-20-8-9-23-15(12-20)11-19-17(22)16-6-3-7-21(16)14-5-2-4-13(18)10-14/h2-7,10,15H,8-9,11-12H2,1H3,(H,19,22). The smallest absolute Gasteiger partial charge is 0.268 e. The van der Waals surface area contributed by atoms with E-state index in [0.29, 0.717) is 12.2 Å². The van der Waals surface area contributed by atoms with Crippen molar-refractivity contribution in [3.63, 3.8) is 0 Å². The topological polar surface area (TPSA) is 46.5 Å². The van der Waals surface area contributed by atoms with Gasteiger partial charge in [-0.25, -0.2) is 0 Å². The molecule has 6 heteroatoms. The quantitative estimate of drug-likeness (QED) is 0.764. The van der Waals surface area contributed by atoms with Gasteiger partial charge >= 0.3 is 0 Å². The van der Waals surface area contributed by atoms with Crippen molar-refractivity contribution in [2.75, 3.05) is 33.3 Å². The van der Waals surface area contributed by atoms with Crippen LogP contribution in [-0.2, 0) is 4.74 Å². The van der Waals surface area contributed by atoms with Gasteiger partial charge in [-0.05, 0) is 60.0 Å². The van der Waals surface area contributed by atoms with E-state index in [0.717, 1.165) is 29.0 Å². The molecule has 2 aromatic rings. The van der Waals surface area contributed by atoms with Gasteiger partial charge in [-0.1, -0.05) is 6.07 Å². The van der Waals surface area contributed by atoms with Crippen LogP contribution in [0, 0.1) is 3.57 Å². The number of ether oxygens (including phenoxy) is 1. The fourth-order valence-corrected chi connectivity index (χ4v) is 3.23. The van der Waals surface area contributed by atoms with E-state index in [4.69, 9.17) is 4.74 Å². The summed E-state index contributed by atoms with van der Waals surface area (Å²) in [7, 11) is 2.07. The summed E-state index contributed by atoms with van der Waals surface area (Å²) in [4.78, 5) is 14.7. The summed E-state index contributed by atoms with van der Waals surface area (Å²) in [5, 5.41) is 2.99. The molecule has 0 radical (unpaired) electrons. The summed E-state index contributed by atoms with van der Waals surface area (Å²) < 4.78 is 8.73. The van der Waals surface area contributed by atoms with E-state index in [1.54, 1.807) is 0 Å². The molecule has 0 saturated carbocycles. The Kier molecular flexibility index (Phi) is 5.34. The highest BCUT2D eigenvalue weighted by Crippen LogP contribution is 2.16. The molecule has 1 fully saturated rings. The van der Waals surface area contributed by atoms with Gasteiger partial charge in [-0.15, -0.1) is 0 Å². The zero-order valence-corrected chi connectivity index (χ0v) is 15.2. The molecule has 1 aromatic heterocycles. The number of rotatable bonds is 4. The van der Waals surface area contributed by atoms with Gasteiger partial charge in [0, 0.05) is 35.1 Å². The summed E-state index contributed by atoms with van der Waals surface area (Å²) >= 11 is 2.27. The fourth-order valence-electron chi connectivity index (χ4n) is 2.70. The van der Waals surface area contributed by atoms with E-state index in [2.05, 4.69) is 45.9 Å². The molecule has 122 valence electrons. The van der Waals surface area contributed by atoms with Crippen molar-refractivity contribution in [3.05, 3.63) is 51.9 Å². The summed E-state index contributed by atoms with van der Waals surface area (Å²) in [6.07, 6.45) is 1.96. The van der Waals surface area contributed by atoms with Crippen LogP contribution in [-0.4, -0.2) is 54.8 Å². The Balaban J connectivity index is 1.68. The minimum absolute atomic E-state index is 0.0544. The van der Waals surface area contributed by atoms with E-state index in [9.17, 15) is 4.79 Å². The van der Waals surface area contributed by atoms with Crippen LogP contribution >= 0.6 is 22.6 Å². The Labute approximate surface area is 149 Å². The maximum absolute atomic E-state index is 12.5. The summed E-state index contributed by atoms with van der Waals surface area (Å²) in [6.45, 7) is 3.04. The van der Waals surface area contributed by atoms with Crippen LogP contribution in [0.5, 0.6) is 0 Å². The average Bonchev–Trinajstić information content (AvgIpc) is 3.02. The number of halogens is 1. The number of carbonyl (C=O) groups excluding carboxylic acids is 1. The van der Waals surface area contributed by atoms with Gasteiger partial charge in [-0.2, -0.15) is 0 Å². The number of nitrogens with one attached hydrogen (secondary N) is 1. The Morgan fingerprint density at radius 3 is 3.04 bits per heavy atom. The molecule has 1 aromatic carbocycles. The Bertz CT molecular complexity index is 686. The third kappa shape index (κ3) is 4.13. The first-order valence-electron chi connectivity index (χ1n) is 7.65. The van der Waals surface area contributed by atoms with Crippen LogP contribution in [0.15, 0.2) is 42.6 Å². The number of likely N-dealkylation sites (N-methyl/N-ethyl adjacent to an activating group) is 1. The normalized spacial score (nSPS) is 18.8. The lowest BCUT2D eigenvalue weighted by Gasteiger charge is -2.30. The Hall–Kier alpha value is -1.38. The molecule has 1 atom stereocenters. The molecule has 0 spiro atoms.